The van der Waals surface area contributed by atoms with Gasteiger partial charge in [-0.2, -0.15) is 0 Å². The second-order valence-electron chi connectivity index (χ2n) is 9.94. The number of hydrogen-bond donors (Lipinski definition) is 1. The fraction of sp³-hybridized carbons (Fsp3) is 0.333. The lowest BCUT2D eigenvalue weighted by Gasteiger charge is -2.34. The topological polar surface area (TPSA) is 139 Å². The molecule has 2 amide bonds. The number of nitrogens with one attached hydrogen (secondary N) is 1. The van der Waals surface area contributed by atoms with Crippen LogP contribution < -0.4 is 14.4 Å². The van der Waals surface area contributed by atoms with E-state index in [9.17, 15) is 28.1 Å². The maximum atomic E-state index is 14.1. The molecule has 3 aromatic rings. The zero-order valence-corrected chi connectivity index (χ0v) is 24.9. The number of rotatable bonds is 14. The normalized spacial score (nSPS) is 12.6. The Balaban J connectivity index is 2.09. The molecule has 0 fully saturated rings. The summed E-state index contributed by atoms with van der Waals surface area (Å²) in [6.07, 6.45) is 1.76. The minimum atomic E-state index is -4.06. The minimum Gasteiger partial charge on any atom is -0.497 e. The van der Waals surface area contributed by atoms with Crippen LogP contribution in [0.4, 0.5) is 11.4 Å². The molecule has 0 aromatic heterocycles. The molecule has 0 saturated heterocycles. The smallest absolute Gasteiger partial charge is 0.271 e. The van der Waals surface area contributed by atoms with Gasteiger partial charge in [-0.1, -0.05) is 55.5 Å². The number of carbonyl (C=O) groups is 2. The highest BCUT2D eigenvalue weighted by atomic mass is 32.2. The Hall–Kier alpha value is -4.45. The number of nitro groups is 1. The number of non-ortho nitro benzene ring substituents is 1. The van der Waals surface area contributed by atoms with E-state index in [-0.39, 0.29) is 36.3 Å². The van der Waals surface area contributed by atoms with Crippen molar-refractivity contribution in [3.63, 3.8) is 0 Å². The minimum absolute atomic E-state index is 0.0198. The molecule has 0 spiro atoms. The average molecular weight is 597 g/mol. The highest BCUT2D eigenvalue weighted by Crippen LogP contribution is 2.25. The molecule has 0 unspecified atom stereocenters. The second kappa shape index (κ2) is 14.4. The Labute approximate surface area is 246 Å². The molecule has 0 radical (unpaired) electrons. The molecule has 224 valence electrons. The van der Waals surface area contributed by atoms with Crippen LogP contribution >= 0.6 is 0 Å². The van der Waals surface area contributed by atoms with Gasteiger partial charge in [0.15, 0.2) is 0 Å². The molecule has 11 nitrogen and oxygen atoms in total. The number of nitrogens with zero attached hydrogens (tertiary/aromatic N) is 3. The van der Waals surface area contributed by atoms with E-state index in [0.29, 0.717) is 17.7 Å². The van der Waals surface area contributed by atoms with Gasteiger partial charge < -0.3 is 15.0 Å². The number of benzene rings is 3. The fourth-order valence-corrected chi connectivity index (χ4v) is 5.18. The summed E-state index contributed by atoms with van der Waals surface area (Å²) in [5.74, 6) is -0.487. The van der Waals surface area contributed by atoms with E-state index < -0.39 is 33.4 Å². The summed E-state index contributed by atoms with van der Waals surface area (Å²) in [7, 11) is -2.54. The number of sulfonamides is 1. The fourth-order valence-electron chi connectivity index (χ4n) is 4.34. The van der Waals surface area contributed by atoms with Gasteiger partial charge in [-0.25, -0.2) is 8.42 Å². The van der Waals surface area contributed by atoms with Gasteiger partial charge in [-0.3, -0.25) is 24.0 Å². The summed E-state index contributed by atoms with van der Waals surface area (Å²) in [4.78, 5) is 39.9. The Morgan fingerprint density at radius 2 is 1.67 bits per heavy atom. The van der Waals surface area contributed by atoms with E-state index in [4.69, 9.17) is 4.74 Å². The number of carbonyl (C=O) groups excluding carboxylic acids is 2. The molecule has 0 heterocycles. The van der Waals surface area contributed by atoms with E-state index in [1.165, 1.54) is 30.2 Å². The number of anilines is 1. The third-order valence-electron chi connectivity index (χ3n) is 6.77. The number of nitro benzene ring substituents is 1. The Kier molecular flexibility index (Phi) is 11.0. The van der Waals surface area contributed by atoms with Gasteiger partial charge >= 0.3 is 0 Å². The highest BCUT2D eigenvalue weighted by Gasteiger charge is 2.33. The maximum absolute atomic E-state index is 14.1. The van der Waals surface area contributed by atoms with Gasteiger partial charge in [-0.05, 0) is 42.7 Å². The molecule has 1 N–H and O–H groups in total. The van der Waals surface area contributed by atoms with Crippen LogP contribution in [0.2, 0.25) is 0 Å². The molecular formula is C30H36N4O7S. The number of methoxy groups -OCH3 is 1. The van der Waals surface area contributed by atoms with Gasteiger partial charge in [-0.15, -0.1) is 0 Å². The standard InChI is InChI=1S/C30H36N4O7S/c1-5-22(2)31-30(36)28(18-23-11-7-6-8-12-23)32(20-24-13-9-16-27(17-24)41-3)29(35)21-33(42(4,39)40)25-14-10-15-26(19-25)34(37)38/h6-17,19,22,28H,5,18,20-21H2,1-4H3,(H,31,36)/t22-,28-/m1/s1. The van der Waals surface area contributed by atoms with Crippen LogP contribution in [0.25, 0.3) is 0 Å². The summed E-state index contributed by atoms with van der Waals surface area (Å²) in [6, 6.07) is 20.1. The lowest BCUT2D eigenvalue weighted by molar-refractivity contribution is -0.384. The predicted octanol–water partition coefficient (Wildman–Crippen LogP) is 3.92. The van der Waals surface area contributed by atoms with Crippen molar-refractivity contribution in [2.24, 2.45) is 0 Å². The van der Waals surface area contributed by atoms with E-state index in [1.807, 2.05) is 44.2 Å². The first-order valence-corrected chi connectivity index (χ1v) is 15.3. The Bertz CT molecular complexity index is 1500. The Morgan fingerprint density at radius 3 is 2.29 bits per heavy atom. The van der Waals surface area contributed by atoms with Crippen molar-refractivity contribution < 1.29 is 27.7 Å². The van der Waals surface area contributed by atoms with Crippen LogP contribution in [0.3, 0.4) is 0 Å². The van der Waals surface area contributed by atoms with Crippen LogP contribution in [-0.4, -0.2) is 62.0 Å². The van der Waals surface area contributed by atoms with Crippen LogP contribution in [0.1, 0.15) is 31.4 Å². The predicted molar refractivity (Wildman–Crippen MR) is 161 cm³/mol. The van der Waals surface area contributed by atoms with Crippen molar-refractivity contribution in [2.45, 2.75) is 45.3 Å². The molecule has 0 saturated carbocycles. The van der Waals surface area contributed by atoms with Crippen molar-refractivity contribution >= 4 is 33.2 Å². The molecule has 12 heteroatoms. The molecule has 3 rings (SSSR count). The molecule has 42 heavy (non-hydrogen) atoms. The molecule has 0 aliphatic heterocycles. The molecule has 0 bridgehead atoms. The van der Waals surface area contributed by atoms with Crippen molar-refractivity contribution in [1.82, 2.24) is 10.2 Å². The first-order valence-electron chi connectivity index (χ1n) is 13.4. The van der Waals surface area contributed by atoms with Crippen molar-refractivity contribution in [3.05, 3.63) is 100 Å². The summed E-state index contributed by atoms with van der Waals surface area (Å²) in [6.45, 7) is 3.10. The first-order chi connectivity index (χ1) is 19.9. The largest absolute Gasteiger partial charge is 0.497 e. The van der Waals surface area contributed by atoms with Gasteiger partial charge in [0.05, 0.1) is 24.0 Å². The SMILES string of the molecule is CC[C@@H](C)NC(=O)[C@@H](Cc1ccccc1)N(Cc1cccc(OC)c1)C(=O)CN(c1cccc([N+](=O)[O-])c1)S(C)(=O)=O. The van der Waals surface area contributed by atoms with Crippen LogP contribution in [-0.2, 0) is 32.6 Å². The molecule has 0 aliphatic carbocycles. The summed E-state index contributed by atoms with van der Waals surface area (Å²) in [5.41, 5.74) is 1.11. The summed E-state index contributed by atoms with van der Waals surface area (Å²) >= 11 is 0. The summed E-state index contributed by atoms with van der Waals surface area (Å²) in [5, 5.41) is 14.3. The van der Waals surface area contributed by atoms with E-state index in [0.717, 1.165) is 22.2 Å². The van der Waals surface area contributed by atoms with E-state index >= 15 is 0 Å². The molecular weight excluding hydrogens is 560 g/mol. The monoisotopic (exact) mass is 596 g/mol. The highest BCUT2D eigenvalue weighted by molar-refractivity contribution is 7.92. The summed E-state index contributed by atoms with van der Waals surface area (Å²) < 4.78 is 31.9. The maximum Gasteiger partial charge on any atom is 0.271 e. The lowest BCUT2D eigenvalue weighted by Crippen LogP contribution is -2.54. The lowest BCUT2D eigenvalue weighted by atomic mass is 10.0. The molecule has 0 aliphatic rings. The van der Waals surface area contributed by atoms with E-state index in [2.05, 4.69) is 5.32 Å². The molecule has 2 atom stereocenters. The third kappa shape index (κ3) is 8.77. The van der Waals surface area contributed by atoms with Crippen molar-refractivity contribution in [1.29, 1.82) is 0 Å². The third-order valence-corrected chi connectivity index (χ3v) is 7.91. The van der Waals surface area contributed by atoms with Crippen LogP contribution in [0, 0.1) is 10.1 Å². The first kappa shape index (κ1) is 32.1. The van der Waals surface area contributed by atoms with Gasteiger partial charge in [0.25, 0.3) is 5.69 Å². The number of ether oxygens (including phenoxy) is 1. The average Bonchev–Trinajstić information content (AvgIpc) is 2.97. The quantitative estimate of drug-likeness (QED) is 0.220. The van der Waals surface area contributed by atoms with Gasteiger partial charge in [0.2, 0.25) is 21.8 Å². The van der Waals surface area contributed by atoms with Crippen molar-refractivity contribution in [2.75, 3.05) is 24.2 Å². The van der Waals surface area contributed by atoms with Crippen molar-refractivity contribution in [3.8, 4) is 5.75 Å². The number of amides is 2. The molecule has 3 aromatic carbocycles. The van der Waals surface area contributed by atoms with Gasteiger partial charge in [0.1, 0.15) is 18.3 Å². The second-order valence-corrected chi connectivity index (χ2v) is 11.8. The Morgan fingerprint density at radius 1 is 1.00 bits per heavy atom. The van der Waals surface area contributed by atoms with Gasteiger partial charge in [0, 0.05) is 31.1 Å². The van der Waals surface area contributed by atoms with Crippen LogP contribution in [0.5, 0.6) is 5.75 Å². The van der Waals surface area contributed by atoms with Crippen LogP contribution in [0.15, 0.2) is 78.9 Å². The zero-order chi connectivity index (χ0) is 30.9. The zero-order valence-electron chi connectivity index (χ0n) is 24.1. The number of hydrogen-bond acceptors (Lipinski definition) is 7. The van der Waals surface area contributed by atoms with E-state index in [1.54, 1.807) is 24.3 Å².